The molecule has 9 heteroatoms. The molecule has 0 radical (unpaired) electrons. The quantitative estimate of drug-likeness (QED) is 0.440. The van der Waals surface area contributed by atoms with Crippen LogP contribution < -0.4 is 5.32 Å². The number of amides is 4. The summed E-state index contributed by atoms with van der Waals surface area (Å²) in [7, 11) is 0. The average Bonchev–Trinajstić information content (AvgIpc) is 2.99. The van der Waals surface area contributed by atoms with Crippen LogP contribution in [0.1, 0.15) is 29.7 Å². The lowest BCUT2D eigenvalue weighted by Crippen LogP contribution is -2.76. The van der Waals surface area contributed by atoms with Gasteiger partial charge in [0.05, 0.1) is 25.7 Å². The Balaban J connectivity index is 1.52. The summed E-state index contributed by atoms with van der Waals surface area (Å²) < 4.78 is 0. The summed E-state index contributed by atoms with van der Waals surface area (Å²) in [4.78, 5) is 44.8. The van der Waals surface area contributed by atoms with Gasteiger partial charge < -0.3 is 20.2 Å². The summed E-state index contributed by atoms with van der Waals surface area (Å²) in [5.74, 6) is 2.20. The maximum Gasteiger partial charge on any atom is 0.334 e. The lowest BCUT2D eigenvalue weighted by Gasteiger charge is -2.55. The van der Waals surface area contributed by atoms with Crippen molar-refractivity contribution in [3.8, 4) is 18.1 Å². The monoisotopic (exact) mass is 551 g/mol. The number of phenolic OH excluding ortho intramolecular Hbond substituents is 1. The van der Waals surface area contributed by atoms with E-state index in [1.165, 1.54) is 5.01 Å². The third kappa shape index (κ3) is 5.88. The number of phenols is 1. The third-order valence-corrected chi connectivity index (χ3v) is 7.66. The van der Waals surface area contributed by atoms with Crippen molar-refractivity contribution < 1.29 is 19.5 Å². The fraction of sp³-hybridized carbons (Fsp3) is 0.281. The largest absolute Gasteiger partial charge is 0.508 e. The number of urea groups is 1. The summed E-state index contributed by atoms with van der Waals surface area (Å²) in [6, 6.07) is 24.2. The van der Waals surface area contributed by atoms with Crippen molar-refractivity contribution in [3.05, 3.63) is 102 Å². The van der Waals surface area contributed by atoms with Crippen molar-refractivity contribution in [2.75, 3.05) is 19.6 Å². The van der Waals surface area contributed by atoms with E-state index < -0.39 is 18.2 Å². The van der Waals surface area contributed by atoms with Gasteiger partial charge in [0.2, 0.25) is 11.8 Å². The molecule has 2 aliphatic heterocycles. The van der Waals surface area contributed by atoms with Crippen LogP contribution in [0.4, 0.5) is 4.79 Å². The molecule has 2 aliphatic rings. The van der Waals surface area contributed by atoms with E-state index in [4.69, 9.17) is 6.42 Å². The van der Waals surface area contributed by atoms with E-state index in [0.717, 1.165) is 16.7 Å². The molecule has 2 heterocycles. The van der Waals surface area contributed by atoms with Gasteiger partial charge in [-0.3, -0.25) is 9.59 Å². The van der Waals surface area contributed by atoms with Crippen LogP contribution in [0.5, 0.6) is 5.75 Å². The second-order valence-corrected chi connectivity index (χ2v) is 10.3. The Morgan fingerprint density at radius 1 is 1.00 bits per heavy atom. The van der Waals surface area contributed by atoms with Crippen LogP contribution in [0.3, 0.4) is 0 Å². The average molecular weight is 552 g/mol. The molecule has 5 rings (SSSR count). The van der Waals surface area contributed by atoms with Crippen LogP contribution in [-0.4, -0.2) is 74.6 Å². The van der Waals surface area contributed by atoms with Crippen LogP contribution in [-0.2, 0) is 22.6 Å². The lowest BCUT2D eigenvalue weighted by atomic mass is 9.96. The molecule has 3 aromatic rings. The lowest BCUT2D eigenvalue weighted by molar-refractivity contribution is -0.190. The van der Waals surface area contributed by atoms with Crippen LogP contribution in [0.15, 0.2) is 84.9 Å². The minimum absolute atomic E-state index is 0.0552. The molecule has 2 N–H and O–H groups in total. The molecule has 0 unspecified atom stereocenters. The molecule has 41 heavy (non-hydrogen) atoms. The van der Waals surface area contributed by atoms with Gasteiger partial charge in [-0.2, -0.15) is 5.01 Å². The van der Waals surface area contributed by atoms with Crippen molar-refractivity contribution >= 4 is 17.8 Å². The highest BCUT2D eigenvalue weighted by molar-refractivity contribution is 5.92. The zero-order valence-corrected chi connectivity index (χ0v) is 22.9. The molecule has 3 aromatic carbocycles. The standard InChI is InChI=1S/C32H33N5O4/c1-3-18-34-22-30(39)36-28(19-24-14-16-27(38)17-15-24)31(40)35(23(2)26-12-8-5-9-13-26)21-29(36)37(34)32(41)33-20-25-10-6-4-7-11-25/h1,4-17,23,28-29,38H,18-22H2,2H3,(H,33,41)/t23-,28-,29-/m0/s1. The number of nitrogens with zero attached hydrogens (tertiary/aromatic N) is 4. The zero-order valence-electron chi connectivity index (χ0n) is 22.9. The summed E-state index contributed by atoms with van der Waals surface area (Å²) in [5, 5.41) is 15.8. The summed E-state index contributed by atoms with van der Waals surface area (Å²) in [5.41, 5.74) is 2.66. The Hall–Kier alpha value is -4.81. The van der Waals surface area contributed by atoms with Gasteiger partial charge in [0.1, 0.15) is 18.0 Å². The number of terminal acetylenes is 1. The molecule has 2 saturated heterocycles. The smallest absolute Gasteiger partial charge is 0.334 e. The highest BCUT2D eigenvalue weighted by Gasteiger charge is 2.52. The highest BCUT2D eigenvalue weighted by atomic mass is 16.3. The summed E-state index contributed by atoms with van der Waals surface area (Å²) in [6.45, 7) is 2.28. The molecular weight excluding hydrogens is 518 g/mol. The molecule has 0 aliphatic carbocycles. The van der Waals surface area contributed by atoms with Crippen molar-refractivity contribution in [2.24, 2.45) is 0 Å². The van der Waals surface area contributed by atoms with Crippen LogP contribution >= 0.6 is 0 Å². The Kier molecular flexibility index (Phi) is 8.22. The predicted octanol–water partition coefficient (Wildman–Crippen LogP) is 3.14. The number of hydrogen-bond acceptors (Lipinski definition) is 5. The molecule has 0 spiro atoms. The number of carbonyl (C=O) groups excluding carboxylic acids is 3. The minimum atomic E-state index is -0.852. The van der Waals surface area contributed by atoms with E-state index in [-0.39, 0.29) is 49.7 Å². The zero-order chi connectivity index (χ0) is 28.9. The molecule has 4 amide bonds. The van der Waals surface area contributed by atoms with Gasteiger partial charge in [0.15, 0.2) is 0 Å². The maximum absolute atomic E-state index is 14.1. The van der Waals surface area contributed by atoms with Gasteiger partial charge in [0.25, 0.3) is 0 Å². The predicted molar refractivity (Wildman–Crippen MR) is 154 cm³/mol. The maximum atomic E-state index is 14.1. The number of carbonyl (C=O) groups is 3. The number of fused-ring (bicyclic) bond motifs is 1. The van der Waals surface area contributed by atoms with Crippen LogP contribution in [0.2, 0.25) is 0 Å². The number of aromatic hydroxyl groups is 1. The normalized spacial score (nSPS) is 19.9. The van der Waals surface area contributed by atoms with E-state index in [0.29, 0.717) is 6.54 Å². The first-order valence-electron chi connectivity index (χ1n) is 13.6. The van der Waals surface area contributed by atoms with Crippen LogP contribution in [0, 0.1) is 12.3 Å². The van der Waals surface area contributed by atoms with Crippen LogP contribution in [0.25, 0.3) is 0 Å². The molecule has 210 valence electrons. The number of piperazine rings is 1. The Labute approximate surface area is 239 Å². The Morgan fingerprint density at radius 3 is 2.32 bits per heavy atom. The van der Waals surface area contributed by atoms with Crippen molar-refractivity contribution in [1.29, 1.82) is 0 Å². The molecule has 0 aromatic heterocycles. The third-order valence-electron chi connectivity index (χ3n) is 7.66. The van der Waals surface area contributed by atoms with E-state index in [1.807, 2.05) is 67.6 Å². The topological polar surface area (TPSA) is 96.4 Å². The second kappa shape index (κ2) is 12.1. The van der Waals surface area contributed by atoms with Gasteiger partial charge in [-0.05, 0) is 35.7 Å². The molecule has 0 bridgehead atoms. The Bertz CT molecular complexity index is 1420. The van der Waals surface area contributed by atoms with Crippen molar-refractivity contribution in [2.45, 2.75) is 38.1 Å². The molecular formula is C32H33N5O4. The first-order valence-corrected chi connectivity index (χ1v) is 13.6. The SMILES string of the molecule is C#CCN1CC(=O)N2[C@@H](Cc3ccc(O)cc3)C(=O)N([C@@H](C)c3ccccc3)C[C@@H]2N1C(=O)NCc1ccccc1. The van der Waals surface area contributed by atoms with Gasteiger partial charge in [-0.1, -0.05) is 78.7 Å². The van der Waals surface area contributed by atoms with Crippen molar-refractivity contribution in [3.63, 3.8) is 0 Å². The summed E-state index contributed by atoms with van der Waals surface area (Å²) in [6.07, 6.45) is 5.11. The van der Waals surface area contributed by atoms with Gasteiger partial charge in [-0.25, -0.2) is 9.80 Å². The summed E-state index contributed by atoms with van der Waals surface area (Å²) >= 11 is 0. The minimum Gasteiger partial charge on any atom is -0.508 e. The fourth-order valence-electron chi connectivity index (χ4n) is 5.57. The number of nitrogens with one attached hydrogen (secondary N) is 1. The number of rotatable bonds is 7. The number of benzene rings is 3. The van der Waals surface area contributed by atoms with Crippen molar-refractivity contribution in [1.82, 2.24) is 25.1 Å². The fourth-order valence-corrected chi connectivity index (χ4v) is 5.57. The first kappa shape index (κ1) is 27.7. The van der Waals surface area contributed by atoms with E-state index in [1.54, 1.807) is 39.1 Å². The first-order chi connectivity index (χ1) is 19.9. The van der Waals surface area contributed by atoms with E-state index in [2.05, 4.69) is 11.2 Å². The highest BCUT2D eigenvalue weighted by Crippen LogP contribution is 2.33. The molecule has 0 saturated carbocycles. The second-order valence-electron chi connectivity index (χ2n) is 10.3. The van der Waals surface area contributed by atoms with E-state index >= 15 is 0 Å². The molecule has 2 fully saturated rings. The number of hydrazine groups is 1. The van der Waals surface area contributed by atoms with Gasteiger partial charge >= 0.3 is 6.03 Å². The van der Waals surface area contributed by atoms with E-state index in [9.17, 15) is 19.5 Å². The Morgan fingerprint density at radius 2 is 1.66 bits per heavy atom. The van der Waals surface area contributed by atoms with Gasteiger partial charge in [0, 0.05) is 13.0 Å². The number of hydrogen-bond donors (Lipinski definition) is 2. The molecule has 9 nitrogen and oxygen atoms in total. The molecule has 3 atom stereocenters. The van der Waals surface area contributed by atoms with Gasteiger partial charge in [-0.15, -0.1) is 6.42 Å².